The molecule has 1 saturated heterocycles. The molecule has 19 heavy (non-hydrogen) atoms. The minimum absolute atomic E-state index is 0.157. The summed E-state index contributed by atoms with van der Waals surface area (Å²) in [6, 6.07) is 0. The molecule has 1 aromatic heterocycles. The summed E-state index contributed by atoms with van der Waals surface area (Å²) >= 11 is 6.05. The maximum absolute atomic E-state index is 11.9. The van der Waals surface area contributed by atoms with E-state index < -0.39 is 0 Å². The molecule has 0 bridgehead atoms. The second kappa shape index (κ2) is 6.88. The predicted molar refractivity (Wildman–Crippen MR) is 72.8 cm³/mol. The van der Waals surface area contributed by atoms with Crippen LogP contribution in [0.25, 0.3) is 0 Å². The highest BCUT2D eigenvalue weighted by atomic mass is 35.5. The number of nitrogens with zero attached hydrogens (tertiary/aromatic N) is 2. The van der Waals surface area contributed by atoms with Crippen molar-refractivity contribution < 1.29 is 9.47 Å². The molecule has 0 radical (unpaired) electrons. The molecule has 106 valence electrons. The number of halogens is 1. The van der Waals surface area contributed by atoms with Crippen LogP contribution in [0, 0.1) is 0 Å². The van der Waals surface area contributed by atoms with Gasteiger partial charge in [0.15, 0.2) is 0 Å². The fourth-order valence-electron chi connectivity index (χ4n) is 1.95. The van der Waals surface area contributed by atoms with Crippen LogP contribution in [0.3, 0.4) is 0 Å². The summed E-state index contributed by atoms with van der Waals surface area (Å²) in [5.74, 6) is 0. The Balaban J connectivity index is 2.01. The molecule has 7 heteroatoms. The van der Waals surface area contributed by atoms with E-state index in [4.69, 9.17) is 21.1 Å². The summed E-state index contributed by atoms with van der Waals surface area (Å²) in [5, 5.41) is 7.33. The lowest BCUT2D eigenvalue weighted by Gasteiger charge is -2.13. The number of nitrogens with one attached hydrogen (secondary N) is 1. The van der Waals surface area contributed by atoms with Gasteiger partial charge in [0.2, 0.25) is 0 Å². The molecule has 0 spiro atoms. The van der Waals surface area contributed by atoms with Crippen LogP contribution in [0.4, 0.5) is 5.69 Å². The summed E-state index contributed by atoms with van der Waals surface area (Å²) in [5.41, 5.74) is 0.242. The quantitative estimate of drug-likeness (QED) is 0.850. The molecule has 1 atom stereocenters. The van der Waals surface area contributed by atoms with Gasteiger partial charge >= 0.3 is 0 Å². The molecule has 2 rings (SSSR count). The number of methoxy groups -OCH3 is 1. The first kappa shape index (κ1) is 14.3. The Bertz CT molecular complexity index is 472. The van der Waals surface area contributed by atoms with Gasteiger partial charge in [0.25, 0.3) is 5.56 Å². The molecule has 0 amide bonds. The molecule has 1 N–H and O–H groups in total. The molecule has 0 aliphatic carbocycles. The number of ether oxygens (including phenoxy) is 2. The van der Waals surface area contributed by atoms with Gasteiger partial charge in [-0.1, -0.05) is 11.6 Å². The first-order valence-electron chi connectivity index (χ1n) is 6.32. The lowest BCUT2D eigenvalue weighted by molar-refractivity contribution is 0.120. The molecular weight excluding hydrogens is 270 g/mol. The third kappa shape index (κ3) is 3.68. The summed E-state index contributed by atoms with van der Waals surface area (Å²) < 4.78 is 11.7. The van der Waals surface area contributed by atoms with E-state index in [9.17, 15) is 4.79 Å². The van der Waals surface area contributed by atoms with Gasteiger partial charge < -0.3 is 14.8 Å². The van der Waals surface area contributed by atoms with Gasteiger partial charge in [-0.15, -0.1) is 0 Å². The molecule has 2 heterocycles. The van der Waals surface area contributed by atoms with Gasteiger partial charge in [0.1, 0.15) is 5.02 Å². The topological polar surface area (TPSA) is 65.4 Å². The van der Waals surface area contributed by atoms with Crippen LogP contribution >= 0.6 is 11.6 Å². The van der Waals surface area contributed by atoms with Gasteiger partial charge in [-0.3, -0.25) is 4.79 Å². The SMILES string of the molecule is COCCn1ncc(NCC2CCCO2)c(Cl)c1=O. The van der Waals surface area contributed by atoms with Crippen LogP contribution in [0.1, 0.15) is 12.8 Å². The maximum Gasteiger partial charge on any atom is 0.287 e. The highest BCUT2D eigenvalue weighted by molar-refractivity contribution is 6.32. The summed E-state index contributed by atoms with van der Waals surface area (Å²) in [6.45, 7) is 2.26. The van der Waals surface area contributed by atoms with Gasteiger partial charge in [0.05, 0.1) is 31.1 Å². The van der Waals surface area contributed by atoms with Gasteiger partial charge in [-0.25, -0.2) is 4.68 Å². The van der Waals surface area contributed by atoms with Crippen molar-refractivity contribution in [1.82, 2.24) is 9.78 Å². The Morgan fingerprint density at radius 1 is 1.68 bits per heavy atom. The van der Waals surface area contributed by atoms with Crippen molar-refractivity contribution in [2.24, 2.45) is 0 Å². The zero-order chi connectivity index (χ0) is 13.7. The van der Waals surface area contributed by atoms with Crippen molar-refractivity contribution in [2.45, 2.75) is 25.5 Å². The highest BCUT2D eigenvalue weighted by Crippen LogP contribution is 2.17. The Morgan fingerprint density at radius 3 is 3.21 bits per heavy atom. The van der Waals surface area contributed by atoms with Crippen molar-refractivity contribution in [3.05, 3.63) is 21.6 Å². The van der Waals surface area contributed by atoms with Gasteiger partial charge in [0, 0.05) is 20.3 Å². The van der Waals surface area contributed by atoms with Crippen molar-refractivity contribution in [3.8, 4) is 0 Å². The molecule has 0 aromatic carbocycles. The Kier molecular flexibility index (Phi) is 5.18. The Hall–Kier alpha value is -1.11. The molecule has 1 aromatic rings. The fraction of sp³-hybridized carbons (Fsp3) is 0.667. The number of hydrogen-bond donors (Lipinski definition) is 1. The van der Waals surface area contributed by atoms with E-state index in [-0.39, 0.29) is 16.7 Å². The van der Waals surface area contributed by atoms with E-state index in [1.165, 1.54) is 4.68 Å². The van der Waals surface area contributed by atoms with E-state index in [0.717, 1.165) is 19.4 Å². The lowest BCUT2D eigenvalue weighted by atomic mass is 10.2. The Labute approximate surface area is 116 Å². The monoisotopic (exact) mass is 287 g/mol. The van der Waals surface area contributed by atoms with Crippen LogP contribution in [-0.2, 0) is 16.0 Å². The molecule has 1 aliphatic heterocycles. The van der Waals surface area contributed by atoms with E-state index in [1.54, 1.807) is 13.3 Å². The predicted octanol–water partition coefficient (Wildman–Crippen LogP) is 1.13. The second-order valence-corrected chi connectivity index (χ2v) is 4.79. The summed E-state index contributed by atoms with van der Waals surface area (Å²) in [7, 11) is 1.57. The minimum atomic E-state index is -0.309. The number of anilines is 1. The second-order valence-electron chi connectivity index (χ2n) is 4.41. The third-order valence-electron chi connectivity index (χ3n) is 3.04. The average molecular weight is 288 g/mol. The molecule has 1 fully saturated rings. The van der Waals surface area contributed by atoms with Crippen LogP contribution in [0.15, 0.2) is 11.0 Å². The van der Waals surface area contributed by atoms with Crippen LogP contribution in [-0.4, -0.2) is 42.8 Å². The summed E-state index contributed by atoms with van der Waals surface area (Å²) in [6.07, 6.45) is 3.86. The van der Waals surface area contributed by atoms with E-state index in [2.05, 4.69) is 10.4 Å². The molecular formula is C12H18ClN3O3. The standard InChI is InChI=1S/C12H18ClN3O3/c1-18-6-4-16-12(17)11(13)10(8-15-16)14-7-9-3-2-5-19-9/h8-9,14H,2-7H2,1H3. The third-order valence-corrected chi connectivity index (χ3v) is 3.40. The van der Waals surface area contributed by atoms with Crippen molar-refractivity contribution in [3.63, 3.8) is 0 Å². The summed E-state index contributed by atoms with van der Waals surface area (Å²) in [4.78, 5) is 11.9. The highest BCUT2D eigenvalue weighted by Gasteiger charge is 2.16. The zero-order valence-corrected chi connectivity index (χ0v) is 11.7. The number of rotatable bonds is 6. The maximum atomic E-state index is 11.9. The van der Waals surface area contributed by atoms with Gasteiger partial charge in [-0.05, 0) is 12.8 Å². The largest absolute Gasteiger partial charge is 0.383 e. The number of hydrogen-bond acceptors (Lipinski definition) is 5. The molecule has 1 aliphatic rings. The first-order valence-corrected chi connectivity index (χ1v) is 6.70. The Morgan fingerprint density at radius 2 is 2.53 bits per heavy atom. The van der Waals surface area contributed by atoms with Crippen LogP contribution in [0.5, 0.6) is 0 Å². The normalized spacial score (nSPS) is 18.7. The smallest absolute Gasteiger partial charge is 0.287 e. The van der Waals surface area contributed by atoms with Crippen LogP contribution < -0.4 is 10.9 Å². The molecule has 0 saturated carbocycles. The minimum Gasteiger partial charge on any atom is -0.383 e. The average Bonchev–Trinajstić information content (AvgIpc) is 2.92. The molecule has 1 unspecified atom stereocenters. The fourth-order valence-corrected chi connectivity index (χ4v) is 2.17. The van der Waals surface area contributed by atoms with E-state index >= 15 is 0 Å². The van der Waals surface area contributed by atoms with Crippen molar-refractivity contribution in [2.75, 3.05) is 32.2 Å². The van der Waals surface area contributed by atoms with E-state index in [1.807, 2.05) is 0 Å². The van der Waals surface area contributed by atoms with Gasteiger partial charge in [-0.2, -0.15) is 5.10 Å². The first-order chi connectivity index (χ1) is 9.22. The zero-order valence-electron chi connectivity index (χ0n) is 10.9. The van der Waals surface area contributed by atoms with E-state index in [0.29, 0.717) is 25.4 Å². The molecule has 6 nitrogen and oxygen atoms in total. The number of aromatic nitrogens is 2. The van der Waals surface area contributed by atoms with Crippen molar-refractivity contribution >= 4 is 17.3 Å². The van der Waals surface area contributed by atoms with Crippen LogP contribution in [0.2, 0.25) is 5.02 Å². The lowest BCUT2D eigenvalue weighted by Crippen LogP contribution is -2.27. The van der Waals surface area contributed by atoms with Crippen molar-refractivity contribution in [1.29, 1.82) is 0 Å².